The third-order valence-electron chi connectivity index (χ3n) is 2.33. The van der Waals surface area contributed by atoms with Gasteiger partial charge in [-0.25, -0.2) is 0 Å². The van der Waals surface area contributed by atoms with Crippen molar-refractivity contribution in [1.82, 2.24) is 0 Å². The van der Waals surface area contributed by atoms with Crippen LogP contribution in [0.15, 0.2) is 0 Å². The van der Waals surface area contributed by atoms with Gasteiger partial charge in [0.05, 0.1) is 6.61 Å². The van der Waals surface area contributed by atoms with Gasteiger partial charge in [-0.1, -0.05) is 6.92 Å². The summed E-state index contributed by atoms with van der Waals surface area (Å²) < 4.78 is 5.01. The Morgan fingerprint density at radius 2 is 2.45 bits per heavy atom. The van der Waals surface area contributed by atoms with E-state index in [0.29, 0.717) is 18.9 Å². The second kappa shape index (κ2) is 3.83. The first kappa shape index (κ1) is 8.68. The molecule has 0 spiro atoms. The third kappa shape index (κ3) is 2.01. The van der Waals surface area contributed by atoms with E-state index in [1.165, 1.54) is 0 Å². The molecule has 3 atom stereocenters. The van der Waals surface area contributed by atoms with Gasteiger partial charge in [0.2, 0.25) is 0 Å². The summed E-state index contributed by atoms with van der Waals surface area (Å²) in [6.07, 6.45) is 1.70. The maximum atomic E-state index is 10.0. The Morgan fingerprint density at radius 1 is 1.73 bits per heavy atom. The molecule has 0 aromatic rings. The maximum Gasteiger partial charge on any atom is 0.157 e. The van der Waals surface area contributed by atoms with Crippen LogP contribution in [0.25, 0.3) is 0 Å². The number of aliphatic hydroxyl groups is 1. The molecule has 1 fully saturated rings. The zero-order valence-corrected chi connectivity index (χ0v) is 6.69. The van der Waals surface area contributed by atoms with Gasteiger partial charge in [-0.05, 0) is 12.3 Å². The lowest BCUT2D eigenvalue weighted by atomic mass is 9.93. The molecule has 0 aliphatic carbocycles. The Kier molecular flexibility index (Phi) is 3.02. The van der Waals surface area contributed by atoms with E-state index in [-0.39, 0.29) is 5.92 Å². The Morgan fingerprint density at radius 3 is 2.91 bits per heavy atom. The van der Waals surface area contributed by atoms with Crippen LogP contribution in [-0.4, -0.2) is 24.3 Å². The summed E-state index contributed by atoms with van der Waals surface area (Å²) in [4.78, 5) is 10.0. The highest BCUT2D eigenvalue weighted by Gasteiger charge is 2.31. The molecule has 0 amide bonds. The zero-order chi connectivity index (χ0) is 8.27. The van der Waals surface area contributed by atoms with Crippen LogP contribution in [0.3, 0.4) is 0 Å². The van der Waals surface area contributed by atoms with E-state index in [9.17, 15) is 4.79 Å². The van der Waals surface area contributed by atoms with Gasteiger partial charge >= 0.3 is 0 Å². The molecule has 1 saturated heterocycles. The van der Waals surface area contributed by atoms with E-state index in [0.717, 1.165) is 12.7 Å². The quantitative estimate of drug-likeness (QED) is 0.611. The largest absolute Gasteiger partial charge is 0.368 e. The van der Waals surface area contributed by atoms with Crippen LogP contribution in [0.5, 0.6) is 0 Å². The summed E-state index contributed by atoms with van der Waals surface area (Å²) in [6.45, 7) is 2.54. The lowest BCUT2D eigenvalue weighted by Gasteiger charge is -2.12. The van der Waals surface area contributed by atoms with Crippen LogP contribution in [0.2, 0.25) is 0 Å². The molecule has 1 N–H and O–H groups in total. The van der Waals surface area contributed by atoms with Crippen LogP contribution < -0.4 is 0 Å². The van der Waals surface area contributed by atoms with Crippen molar-refractivity contribution in [3.05, 3.63) is 0 Å². The third-order valence-corrected chi connectivity index (χ3v) is 2.33. The summed E-state index contributed by atoms with van der Waals surface area (Å²) >= 11 is 0. The lowest BCUT2D eigenvalue weighted by molar-refractivity contribution is -0.108. The molecular weight excluding hydrogens is 144 g/mol. The van der Waals surface area contributed by atoms with Crippen molar-refractivity contribution in [2.75, 3.05) is 6.61 Å². The van der Waals surface area contributed by atoms with Crippen molar-refractivity contribution in [2.24, 2.45) is 11.8 Å². The van der Waals surface area contributed by atoms with Gasteiger partial charge in [-0.2, -0.15) is 0 Å². The predicted molar refractivity (Wildman–Crippen MR) is 39.9 cm³/mol. The topological polar surface area (TPSA) is 46.5 Å². The van der Waals surface area contributed by atoms with Crippen molar-refractivity contribution in [2.45, 2.75) is 26.1 Å². The number of hydrogen-bond donors (Lipinski definition) is 1. The van der Waals surface area contributed by atoms with Gasteiger partial charge < -0.3 is 14.6 Å². The molecule has 1 aliphatic heterocycles. The fraction of sp³-hybridized carbons (Fsp3) is 0.875. The molecule has 11 heavy (non-hydrogen) atoms. The number of carbonyl (C=O) groups excluding carboxylic acids is 1. The molecule has 3 nitrogen and oxygen atoms in total. The average molecular weight is 158 g/mol. The highest BCUT2D eigenvalue weighted by Crippen LogP contribution is 2.28. The molecule has 64 valence electrons. The second-order valence-electron chi connectivity index (χ2n) is 3.09. The van der Waals surface area contributed by atoms with E-state index in [1.807, 2.05) is 6.92 Å². The van der Waals surface area contributed by atoms with Crippen molar-refractivity contribution < 1.29 is 14.6 Å². The highest BCUT2D eigenvalue weighted by atomic mass is 16.6. The number of hydrogen-bond acceptors (Lipinski definition) is 3. The molecule has 1 rings (SSSR count). The molecule has 0 bridgehead atoms. The molecule has 3 unspecified atom stereocenters. The molecule has 0 radical (unpaired) electrons. The minimum absolute atomic E-state index is 0.176. The molecule has 1 heterocycles. The van der Waals surface area contributed by atoms with Crippen LogP contribution >= 0.6 is 0 Å². The van der Waals surface area contributed by atoms with Gasteiger partial charge in [0.15, 0.2) is 6.29 Å². The van der Waals surface area contributed by atoms with Gasteiger partial charge in [0.25, 0.3) is 0 Å². The average Bonchev–Trinajstić information content (AvgIpc) is 2.31. The number of aldehydes is 1. The van der Waals surface area contributed by atoms with Gasteiger partial charge in [-0.15, -0.1) is 0 Å². The Bertz CT molecular complexity index is 135. The molecular formula is C8H14O3. The SMILES string of the molecule is CC1C(CCC=O)COC1O. The van der Waals surface area contributed by atoms with Gasteiger partial charge in [-0.3, -0.25) is 0 Å². The first-order valence-corrected chi connectivity index (χ1v) is 3.99. The number of rotatable bonds is 3. The zero-order valence-electron chi connectivity index (χ0n) is 6.69. The maximum absolute atomic E-state index is 10.0. The van der Waals surface area contributed by atoms with Gasteiger partial charge in [0, 0.05) is 12.3 Å². The highest BCUT2D eigenvalue weighted by molar-refractivity contribution is 5.49. The molecule has 3 heteroatoms. The van der Waals surface area contributed by atoms with E-state index < -0.39 is 6.29 Å². The smallest absolute Gasteiger partial charge is 0.157 e. The fourth-order valence-electron chi connectivity index (χ4n) is 1.39. The predicted octanol–water partition coefficient (Wildman–Crippen LogP) is 0.566. The van der Waals surface area contributed by atoms with E-state index in [4.69, 9.17) is 9.84 Å². The molecule has 1 aliphatic rings. The lowest BCUT2D eigenvalue weighted by Crippen LogP contribution is -2.16. The summed E-state index contributed by atoms with van der Waals surface area (Å²) in [6, 6.07) is 0. The first-order valence-electron chi connectivity index (χ1n) is 3.99. The minimum Gasteiger partial charge on any atom is -0.368 e. The van der Waals surface area contributed by atoms with Crippen molar-refractivity contribution in [3.63, 3.8) is 0 Å². The normalized spacial score (nSPS) is 37.5. The van der Waals surface area contributed by atoms with E-state index >= 15 is 0 Å². The van der Waals surface area contributed by atoms with E-state index in [2.05, 4.69) is 0 Å². The van der Waals surface area contributed by atoms with Gasteiger partial charge in [0.1, 0.15) is 6.29 Å². The molecule has 0 aromatic heterocycles. The Balaban J connectivity index is 2.29. The second-order valence-corrected chi connectivity index (χ2v) is 3.09. The Hall–Kier alpha value is -0.410. The fourth-order valence-corrected chi connectivity index (χ4v) is 1.39. The van der Waals surface area contributed by atoms with Crippen LogP contribution in [0.1, 0.15) is 19.8 Å². The number of ether oxygens (including phenoxy) is 1. The van der Waals surface area contributed by atoms with Crippen molar-refractivity contribution in [1.29, 1.82) is 0 Å². The summed E-state index contributed by atoms with van der Waals surface area (Å²) in [5, 5.41) is 9.16. The molecule has 0 saturated carbocycles. The summed E-state index contributed by atoms with van der Waals surface area (Å²) in [5.74, 6) is 0.533. The van der Waals surface area contributed by atoms with Crippen LogP contribution in [0, 0.1) is 11.8 Å². The van der Waals surface area contributed by atoms with Crippen molar-refractivity contribution in [3.8, 4) is 0 Å². The summed E-state index contributed by atoms with van der Waals surface area (Å²) in [7, 11) is 0. The van der Waals surface area contributed by atoms with Crippen LogP contribution in [-0.2, 0) is 9.53 Å². The Labute approximate surface area is 66.4 Å². The van der Waals surface area contributed by atoms with Crippen LogP contribution in [0.4, 0.5) is 0 Å². The summed E-state index contributed by atoms with van der Waals surface area (Å²) in [5.41, 5.74) is 0. The minimum atomic E-state index is -0.619. The first-order chi connectivity index (χ1) is 5.25. The standard InChI is InChI=1S/C8H14O3/c1-6-7(3-2-4-9)5-11-8(6)10/h4,6-8,10H,2-3,5H2,1H3. The number of aliphatic hydroxyl groups excluding tert-OH is 1. The molecule has 0 aromatic carbocycles. The number of carbonyl (C=O) groups is 1. The van der Waals surface area contributed by atoms with Crippen molar-refractivity contribution >= 4 is 6.29 Å². The van der Waals surface area contributed by atoms with E-state index in [1.54, 1.807) is 0 Å². The monoisotopic (exact) mass is 158 g/mol.